The lowest BCUT2D eigenvalue weighted by atomic mass is 9.70. The molecule has 3 aliphatic rings. The van der Waals surface area contributed by atoms with Gasteiger partial charge in [0.2, 0.25) is 17.7 Å². The third-order valence-electron chi connectivity index (χ3n) is 7.36. The van der Waals surface area contributed by atoms with Crippen molar-refractivity contribution >= 4 is 23.4 Å². The van der Waals surface area contributed by atoms with E-state index in [0.29, 0.717) is 30.8 Å². The van der Waals surface area contributed by atoms with Gasteiger partial charge in [-0.2, -0.15) is 0 Å². The number of carbonyl (C=O) groups excluding carboxylic acids is 3. The number of fused-ring (bicyclic) bond motifs is 1. The lowest BCUT2D eigenvalue weighted by Crippen LogP contribution is -2.53. The first kappa shape index (κ1) is 23.3. The van der Waals surface area contributed by atoms with Crippen molar-refractivity contribution in [2.24, 2.45) is 11.8 Å². The predicted molar refractivity (Wildman–Crippen MR) is 126 cm³/mol. The van der Waals surface area contributed by atoms with Crippen LogP contribution in [0.2, 0.25) is 0 Å². The number of hydrogen-bond donors (Lipinski definition) is 3. The van der Waals surface area contributed by atoms with E-state index in [1.54, 1.807) is 31.4 Å². The number of aliphatic hydroxyl groups is 1. The Morgan fingerprint density at radius 2 is 1.89 bits per heavy atom. The molecule has 1 spiro atoms. The standard InChI is InChI=1S/C26H29N3O6/c1-34-18-9-7-17(8-10-18)28-24(32)22-26-12-11-19(35-26)20(21(26)25(33)29(22)13-14-30)23(31)27-15-16-5-3-2-4-6-16/h2-10,19-22,30H,11-15H2,1H3,(H,27,31)(H,28,32)/t19-,20+,21+,22?,26?/m1/s1. The largest absolute Gasteiger partial charge is 0.497 e. The number of hydrogen-bond acceptors (Lipinski definition) is 6. The fourth-order valence-corrected chi connectivity index (χ4v) is 5.89. The number of benzene rings is 2. The minimum absolute atomic E-state index is 0.00976. The highest BCUT2D eigenvalue weighted by atomic mass is 16.5. The van der Waals surface area contributed by atoms with Gasteiger partial charge in [-0.25, -0.2) is 0 Å². The maximum absolute atomic E-state index is 13.6. The number of anilines is 1. The molecule has 0 aliphatic carbocycles. The molecule has 2 unspecified atom stereocenters. The zero-order chi connectivity index (χ0) is 24.6. The predicted octanol–water partition coefficient (Wildman–Crippen LogP) is 1.32. The summed E-state index contributed by atoms with van der Waals surface area (Å²) in [4.78, 5) is 41.7. The topological polar surface area (TPSA) is 117 Å². The summed E-state index contributed by atoms with van der Waals surface area (Å²) in [5.41, 5.74) is 0.412. The summed E-state index contributed by atoms with van der Waals surface area (Å²) in [6.07, 6.45) is 0.665. The van der Waals surface area contributed by atoms with Crippen LogP contribution in [0, 0.1) is 11.8 Å². The van der Waals surface area contributed by atoms with Crippen molar-refractivity contribution in [3.8, 4) is 5.75 Å². The molecule has 0 saturated carbocycles. The highest BCUT2D eigenvalue weighted by molar-refractivity contribution is 6.03. The summed E-state index contributed by atoms with van der Waals surface area (Å²) in [7, 11) is 1.56. The van der Waals surface area contributed by atoms with Crippen LogP contribution in [0.1, 0.15) is 18.4 Å². The Bertz CT molecular complexity index is 1110. The van der Waals surface area contributed by atoms with Crippen LogP contribution in [0.4, 0.5) is 5.69 Å². The Hall–Kier alpha value is -3.43. The van der Waals surface area contributed by atoms with Gasteiger partial charge >= 0.3 is 0 Å². The minimum Gasteiger partial charge on any atom is -0.497 e. The molecular weight excluding hydrogens is 450 g/mol. The molecule has 0 aromatic heterocycles. The third-order valence-corrected chi connectivity index (χ3v) is 7.36. The molecule has 3 N–H and O–H groups in total. The summed E-state index contributed by atoms with van der Waals surface area (Å²) in [6, 6.07) is 15.5. The van der Waals surface area contributed by atoms with E-state index < -0.39 is 35.5 Å². The van der Waals surface area contributed by atoms with Crippen LogP contribution in [0.25, 0.3) is 0 Å². The lowest BCUT2D eigenvalue weighted by molar-refractivity contribution is -0.141. The van der Waals surface area contributed by atoms with E-state index in [-0.39, 0.29) is 25.0 Å². The van der Waals surface area contributed by atoms with E-state index in [9.17, 15) is 19.5 Å². The van der Waals surface area contributed by atoms with Crippen LogP contribution >= 0.6 is 0 Å². The number of carbonyl (C=O) groups is 3. The Morgan fingerprint density at radius 3 is 2.57 bits per heavy atom. The molecule has 5 atom stereocenters. The third kappa shape index (κ3) is 3.94. The monoisotopic (exact) mass is 479 g/mol. The van der Waals surface area contributed by atoms with E-state index in [1.165, 1.54) is 4.90 Å². The quantitative estimate of drug-likeness (QED) is 0.526. The zero-order valence-electron chi connectivity index (χ0n) is 19.5. The fourth-order valence-electron chi connectivity index (χ4n) is 5.89. The average Bonchev–Trinajstić information content (AvgIpc) is 3.51. The second kappa shape index (κ2) is 9.31. The van der Waals surface area contributed by atoms with Crippen molar-refractivity contribution in [2.45, 2.75) is 37.1 Å². The van der Waals surface area contributed by atoms with Gasteiger partial charge in [0.25, 0.3) is 0 Å². The van der Waals surface area contributed by atoms with Crippen LogP contribution in [0.5, 0.6) is 5.75 Å². The van der Waals surface area contributed by atoms with Gasteiger partial charge in [-0.05, 0) is 42.7 Å². The number of methoxy groups -OCH3 is 1. The average molecular weight is 480 g/mol. The van der Waals surface area contributed by atoms with Gasteiger partial charge in [0.05, 0.1) is 31.7 Å². The minimum atomic E-state index is -1.10. The van der Waals surface area contributed by atoms with Crippen LogP contribution < -0.4 is 15.4 Å². The lowest BCUT2D eigenvalue weighted by Gasteiger charge is -2.33. The number of likely N-dealkylation sites (tertiary alicyclic amines) is 1. The van der Waals surface area contributed by atoms with Gasteiger partial charge in [-0.15, -0.1) is 0 Å². The van der Waals surface area contributed by atoms with Gasteiger partial charge in [-0.3, -0.25) is 14.4 Å². The molecular formula is C26H29N3O6. The molecule has 2 aromatic carbocycles. The SMILES string of the molecule is COc1ccc(NC(=O)C2N(CCO)C(=O)[C@@H]3[C@@H](C(=O)NCc4ccccc4)[C@H]4CCC23O4)cc1. The van der Waals surface area contributed by atoms with Crippen LogP contribution in [-0.2, 0) is 25.7 Å². The number of nitrogens with one attached hydrogen (secondary N) is 2. The maximum Gasteiger partial charge on any atom is 0.250 e. The summed E-state index contributed by atoms with van der Waals surface area (Å²) in [5, 5.41) is 15.5. The molecule has 3 heterocycles. The fraction of sp³-hybridized carbons (Fsp3) is 0.423. The van der Waals surface area contributed by atoms with Crippen LogP contribution in [0.15, 0.2) is 54.6 Å². The molecule has 35 heavy (non-hydrogen) atoms. The first-order valence-electron chi connectivity index (χ1n) is 11.8. The first-order chi connectivity index (χ1) is 17.0. The molecule has 3 saturated heterocycles. The highest BCUT2D eigenvalue weighted by Crippen LogP contribution is 2.58. The second-order valence-electron chi connectivity index (χ2n) is 9.23. The van der Waals surface area contributed by atoms with Crippen molar-refractivity contribution in [3.05, 3.63) is 60.2 Å². The number of nitrogens with zero attached hydrogens (tertiary/aromatic N) is 1. The molecule has 3 aliphatic heterocycles. The molecule has 184 valence electrons. The second-order valence-corrected chi connectivity index (χ2v) is 9.23. The Morgan fingerprint density at radius 1 is 1.14 bits per heavy atom. The smallest absolute Gasteiger partial charge is 0.250 e. The van der Waals surface area contributed by atoms with Gasteiger partial charge in [0.1, 0.15) is 17.4 Å². The zero-order valence-corrected chi connectivity index (χ0v) is 19.5. The number of ether oxygens (including phenoxy) is 2. The Labute approximate surface area is 203 Å². The van der Waals surface area contributed by atoms with Crippen molar-refractivity contribution in [2.75, 3.05) is 25.6 Å². The molecule has 3 amide bonds. The van der Waals surface area contributed by atoms with Crippen LogP contribution in [0.3, 0.4) is 0 Å². The van der Waals surface area contributed by atoms with Gasteiger partial charge in [-0.1, -0.05) is 30.3 Å². The number of β-amino-alcohol motifs (C(OH)–C–C–N with tert-alkyl or cyclic N) is 1. The maximum atomic E-state index is 13.6. The van der Waals surface area contributed by atoms with Crippen molar-refractivity contribution in [1.29, 1.82) is 0 Å². The summed E-state index contributed by atoms with van der Waals surface area (Å²) < 4.78 is 11.5. The van der Waals surface area contributed by atoms with Crippen LogP contribution in [-0.4, -0.2) is 65.7 Å². The van der Waals surface area contributed by atoms with E-state index in [2.05, 4.69) is 10.6 Å². The molecule has 5 rings (SSSR count). The number of amides is 3. The number of aliphatic hydroxyl groups excluding tert-OH is 1. The molecule has 3 fully saturated rings. The van der Waals surface area contributed by atoms with E-state index >= 15 is 0 Å². The van der Waals surface area contributed by atoms with Gasteiger partial charge in [0, 0.05) is 18.8 Å². The molecule has 2 bridgehead atoms. The Kier molecular flexibility index (Phi) is 6.21. The Balaban J connectivity index is 1.39. The highest BCUT2D eigenvalue weighted by Gasteiger charge is 2.74. The van der Waals surface area contributed by atoms with Gasteiger partial charge in [0.15, 0.2) is 0 Å². The first-order valence-corrected chi connectivity index (χ1v) is 11.8. The molecule has 9 heteroatoms. The number of rotatable bonds is 8. The molecule has 2 aromatic rings. The summed E-state index contributed by atoms with van der Waals surface area (Å²) in [5.74, 6) is -1.77. The molecule has 9 nitrogen and oxygen atoms in total. The summed E-state index contributed by atoms with van der Waals surface area (Å²) in [6.45, 7) is 0.0395. The normalized spacial score (nSPS) is 28.6. The van der Waals surface area contributed by atoms with E-state index in [4.69, 9.17) is 9.47 Å². The van der Waals surface area contributed by atoms with Crippen molar-refractivity contribution in [1.82, 2.24) is 10.2 Å². The molecule has 0 radical (unpaired) electrons. The van der Waals surface area contributed by atoms with E-state index in [0.717, 1.165) is 5.56 Å². The van der Waals surface area contributed by atoms with E-state index in [1.807, 2.05) is 30.3 Å². The van der Waals surface area contributed by atoms with Crippen molar-refractivity contribution in [3.63, 3.8) is 0 Å². The summed E-state index contributed by atoms with van der Waals surface area (Å²) >= 11 is 0. The van der Waals surface area contributed by atoms with Gasteiger partial charge < -0.3 is 30.1 Å². The van der Waals surface area contributed by atoms with Crippen molar-refractivity contribution < 1.29 is 29.0 Å².